The fraction of sp³-hybridized carbons (Fsp3) is 0.154. The number of hydrogen-bond donors (Lipinski definition) is 2. The Balaban J connectivity index is 1.29. The van der Waals surface area contributed by atoms with Crippen LogP contribution in [0.25, 0.3) is 16.4 Å². The SMILES string of the molecule is Cc1cnc2ccc(Cc3cc(C(=O)NCc4ccc5c(N)nc(C)n5c4)ccn3)cc2c1. The quantitative estimate of drug-likeness (QED) is 0.434. The normalized spacial score (nSPS) is 11.2. The zero-order chi connectivity index (χ0) is 22.9. The standard InChI is InChI=1S/C26H24N6O/c1-16-9-21-10-18(3-5-23(21)29-13-16)11-22-12-20(7-8-28-22)26(33)30-14-19-4-6-24-25(27)31-17(2)32(24)15-19/h3-10,12-13,15H,11,14,27H2,1-2H3,(H,30,33). The van der Waals surface area contributed by atoms with Gasteiger partial charge in [0.25, 0.3) is 5.91 Å². The van der Waals surface area contributed by atoms with Gasteiger partial charge in [-0.2, -0.15) is 0 Å². The van der Waals surface area contributed by atoms with Crippen LogP contribution in [0.1, 0.15) is 38.6 Å². The average Bonchev–Trinajstić information content (AvgIpc) is 3.10. The first-order chi connectivity index (χ1) is 16.0. The number of aryl methyl sites for hydroxylation is 2. The zero-order valence-corrected chi connectivity index (χ0v) is 18.5. The molecule has 7 heteroatoms. The van der Waals surface area contributed by atoms with Crippen molar-refractivity contribution in [3.63, 3.8) is 0 Å². The summed E-state index contributed by atoms with van der Waals surface area (Å²) in [6.07, 6.45) is 6.14. The van der Waals surface area contributed by atoms with Gasteiger partial charge in [-0.05, 0) is 66.9 Å². The lowest BCUT2D eigenvalue weighted by molar-refractivity contribution is 0.0950. The van der Waals surface area contributed by atoms with Crippen molar-refractivity contribution < 1.29 is 4.79 Å². The van der Waals surface area contributed by atoms with Crippen molar-refractivity contribution in [3.8, 4) is 0 Å². The van der Waals surface area contributed by atoms with E-state index in [1.54, 1.807) is 12.3 Å². The van der Waals surface area contributed by atoms with Crippen LogP contribution in [-0.4, -0.2) is 25.3 Å². The van der Waals surface area contributed by atoms with E-state index in [1.807, 2.05) is 54.9 Å². The van der Waals surface area contributed by atoms with Gasteiger partial charge in [0.2, 0.25) is 0 Å². The number of fused-ring (bicyclic) bond motifs is 2. The molecule has 4 aromatic heterocycles. The molecule has 7 nitrogen and oxygen atoms in total. The highest BCUT2D eigenvalue weighted by Gasteiger charge is 2.10. The fourth-order valence-electron chi connectivity index (χ4n) is 4.02. The smallest absolute Gasteiger partial charge is 0.251 e. The monoisotopic (exact) mass is 436 g/mol. The largest absolute Gasteiger partial charge is 0.382 e. The summed E-state index contributed by atoms with van der Waals surface area (Å²) in [7, 11) is 0. The van der Waals surface area contributed by atoms with E-state index in [0.29, 0.717) is 24.3 Å². The lowest BCUT2D eigenvalue weighted by atomic mass is 10.0. The van der Waals surface area contributed by atoms with Crippen molar-refractivity contribution in [2.24, 2.45) is 0 Å². The summed E-state index contributed by atoms with van der Waals surface area (Å²) in [6.45, 7) is 4.34. The lowest BCUT2D eigenvalue weighted by Gasteiger charge is -2.08. The first-order valence-electron chi connectivity index (χ1n) is 10.8. The molecular formula is C26H24N6O. The van der Waals surface area contributed by atoms with Crippen LogP contribution in [0, 0.1) is 13.8 Å². The number of nitrogens with two attached hydrogens (primary N) is 1. The Bertz CT molecular complexity index is 1500. The predicted molar refractivity (Wildman–Crippen MR) is 129 cm³/mol. The average molecular weight is 437 g/mol. The van der Waals surface area contributed by atoms with E-state index in [-0.39, 0.29) is 5.91 Å². The first-order valence-corrected chi connectivity index (χ1v) is 10.8. The van der Waals surface area contributed by atoms with E-state index in [0.717, 1.165) is 44.6 Å². The number of hydrogen-bond acceptors (Lipinski definition) is 5. The Morgan fingerprint density at radius 2 is 1.88 bits per heavy atom. The minimum atomic E-state index is -0.140. The molecule has 1 aromatic carbocycles. The molecule has 0 spiro atoms. The Labute approximate surface area is 191 Å². The van der Waals surface area contributed by atoms with Crippen LogP contribution < -0.4 is 11.1 Å². The molecule has 3 N–H and O–H groups in total. The van der Waals surface area contributed by atoms with E-state index in [9.17, 15) is 4.79 Å². The summed E-state index contributed by atoms with van der Waals surface area (Å²) >= 11 is 0. The highest BCUT2D eigenvalue weighted by Crippen LogP contribution is 2.18. The number of aromatic nitrogens is 4. The number of carbonyl (C=O) groups is 1. The van der Waals surface area contributed by atoms with Gasteiger partial charge in [-0.25, -0.2) is 4.98 Å². The van der Waals surface area contributed by atoms with Crippen LogP contribution in [0.3, 0.4) is 0 Å². The van der Waals surface area contributed by atoms with Gasteiger partial charge in [0, 0.05) is 48.2 Å². The van der Waals surface area contributed by atoms with E-state index in [1.165, 1.54) is 0 Å². The molecule has 0 saturated carbocycles. The second-order valence-electron chi connectivity index (χ2n) is 8.27. The van der Waals surface area contributed by atoms with Crippen molar-refractivity contribution in [1.29, 1.82) is 0 Å². The second-order valence-corrected chi connectivity index (χ2v) is 8.27. The van der Waals surface area contributed by atoms with Gasteiger partial charge in [-0.3, -0.25) is 14.8 Å². The van der Waals surface area contributed by atoms with Crippen LogP contribution in [0.5, 0.6) is 0 Å². The molecule has 5 rings (SSSR count). The molecule has 0 aliphatic carbocycles. The minimum absolute atomic E-state index is 0.140. The molecule has 0 aliphatic heterocycles. The number of nitrogen functional groups attached to an aromatic ring is 1. The third-order valence-corrected chi connectivity index (χ3v) is 5.70. The molecule has 1 amide bonds. The third-order valence-electron chi connectivity index (χ3n) is 5.70. The highest BCUT2D eigenvalue weighted by molar-refractivity contribution is 5.94. The summed E-state index contributed by atoms with van der Waals surface area (Å²) in [5.74, 6) is 1.18. The van der Waals surface area contributed by atoms with Crippen molar-refractivity contribution in [1.82, 2.24) is 24.7 Å². The summed E-state index contributed by atoms with van der Waals surface area (Å²) in [5.41, 5.74) is 12.4. The number of anilines is 1. The number of nitrogens with zero attached hydrogens (tertiary/aromatic N) is 4. The van der Waals surface area contributed by atoms with Crippen molar-refractivity contribution in [3.05, 3.63) is 101 Å². The summed E-state index contributed by atoms with van der Waals surface area (Å²) in [4.78, 5) is 26.0. The van der Waals surface area contributed by atoms with Crippen LogP contribution in [0.4, 0.5) is 5.82 Å². The number of carbonyl (C=O) groups excluding carboxylic acids is 1. The molecule has 0 unspecified atom stereocenters. The number of rotatable bonds is 5. The van der Waals surface area contributed by atoms with Gasteiger partial charge in [0.15, 0.2) is 0 Å². The number of benzene rings is 1. The van der Waals surface area contributed by atoms with Crippen LogP contribution >= 0.6 is 0 Å². The Morgan fingerprint density at radius 1 is 1.03 bits per heavy atom. The number of imidazole rings is 1. The van der Waals surface area contributed by atoms with Crippen LogP contribution in [-0.2, 0) is 13.0 Å². The van der Waals surface area contributed by atoms with E-state index in [4.69, 9.17) is 5.73 Å². The molecule has 0 radical (unpaired) electrons. The summed E-state index contributed by atoms with van der Waals surface area (Å²) in [6, 6.07) is 15.8. The maximum Gasteiger partial charge on any atom is 0.251 e. The van der Waals surface area contributed by atoms with Gasteiger partial charge < -0.3 is 15.5 Å². The molecule has 5 aromatic rings. The molecule has 33 heavy (non-hydrogen) atoms. The Morgan fingerprint density at radius 3 is 2.76 bits per heavy atom. The van der Waals surface area contributed by atoms with Gasteiger partial charge in [-0.15, -0.1) is 0 Å². The Kier molecular flexibility index (Phi) is 5.22. The van der Waals surface area contributed by atoms with E-state index in [2.05, 4.69) is 38.5 Å². The zero-order valence-electron chi connectivity index (χ0n) is 18.5. The summed E-state index contributed by atoms with van der Waals surface area (Å²) < 4.78 is 1.93. The molecule has 0 atom stereocenters. The van der Waals surface area contributed by atoms with Crippen LogP contribution in [0.15, 0.2) is 67.1 Å². The third kappa shape index (κ3) is 4.25. The number of amides is 1. The first kappa shape index (κ1) is 20.6. The molecule has 0 fully saturated rings. The lowest BCUT2D eigenvalue weighted by Crippen LogP contribution is -2.23. The van der Waals surface area contributed by atoms with Crippen molar-refractivity contribution in [2.45, 2.75) is 26.8 Å². The second kappa shape index (κ2) is 8.35. The van der Waals surface area contributed by atoms with Crippen molar-refractivity contribution in [2.75, 3.05) is 5.73 Å². The van der Waals surface area contributed by atoms with E-state index < -0.39 is 0 Å². The molecule has 0 aliphatic rings. The number of pyridine rings is 3. The predicted octanol–water partition coefficient (Wildman–Crippen LogP) is 4.00. The topological polar surface area (TPSA) is 98.2 Å². The summed E-state index contributed by atoms with van der Waals surface area (Å²) in [5, 5.41) is 4.09. The number of nitrogens with one attached hydrogen (secondary N) is 1. The van der Waals surface area contributed by atoms with Gasteiger partial charge in [0.05, 0.1) is 11.0 Å². The fourth-order valence-corrected chi connectivity index (χ4v) is 4.02. The maximum atomic E-state index is 12.8. The Hall–Kier alpha value is -4.26. The van der Waals surface area contributed by atoms with Crippen LogP contribution in [0.2, 0.25) is 0 Å². The molecule has 164 valence electrons. The molecule has 0 saturated heterocycles. The van der Waals surface area contributed by atoms with Gasteiger partial charge >= 0.3 is 0 Å². The highest BCUT2D eigenvalue weighted by atomic mass is 16.1. The minimum Gasteiger partial charge on any atom is -0.382 e. The molecular weight excluding hydrogens is 412 g/mol. The van der Waals surface area contributed by atoms with Crippen molar-refractivity contribution >= 4 is 28.1 Å². The molecule has 4 heterocycles. The maximum absolute atomic E-state index is 12.8. The molecule has 0 bridgehead atoms. The van der Waals surface area contributed by atoms with Gasteiger partial charge in [0.1, 0.15) is 11.6 Å². The van der Waals surface area contributed by atoms with Gasteiger partial charge in [-0.1, -0.05) is 12.1 Å². The van der Waals surface area contributed by atoms with E-state index >= 15 is 0 Å².